The molecule has 0 radical (unpaired) electrons. The summed E-state index contributed by atoms with van der Waals surface area (Å²) < 4.78 is 0. The minimum atomic E-state index is -0.880. The normalized spacial score (nSPS) is 13.2. The first-order chi connectivity index (χ1) is 10.8. The van der Waals surface area contributed by atoms with Gasteiger partial charge in [-0.2, -0.15) is 0 Å². The van der Waals surface area contributed by atoms with Crippen LogP contribution in [-0.4, -0.2) is 40.5 Å². The van der Waals surface area contributed by atoms with Crippen LogP contribution in [0.1, 0.15) is 45.6 Å². The highest BCUT2D eigenvalue weighted by atomic mass is 16.3. The van der Waals surface area contributed by atoms with Crippen molar-refractivity contribution in [2.24, 2.45) is 0 Å². The molecule has 1 aromatic rings. The molecule has 0 aliphatic carbocycles. The highest BCUT2D eigenvalue weighted by molar-refractivity contribution is 5.78. The van der Waals surface area contributed by atoms with E-state index >= 15 is 0 Å². The zero-order chi connectivity index (χ0) is 17.3. The average Bonchev–Trinajstić information content (AvgIpc) is 2.50. The number of nitrogens with one attached hydrogen (secondary N) is 1. The highest BCUT2D eigenvalue weighted by Crippen LogP contribution is 2.10. The topological polar surface area (TPSA) is 69.6 Å². The molecule has 1 unspecified atom stereocenters. The van der Waals surface area contributed by atoms with Crippen molar-refractivity contribution in [3.8, 4) is 0 Å². The van der Waals surface area contributed by atoms with Gasteiger partial charge in [0.15, 0.2) is 0 Å². The van der Waals surface area contributed by atoms with Gasteiger partial charge in [0.25, 0.3) is 0 Å². The maximum atomic E-state index is 11.9. The molecule has 0 aliphatic rings. The molecule has 1 aromatic carbocycles. The summed E-state index contributed by atoms with van der Waals surface area (Å²) >= 11 is 0. The van der Waals surface area contributed by atoms with Crippen molar-refractivity contribution in [3.63, 3.8) is 0 Å². The van der Waals surface area contributed by atoms with Gasteiger partial charge in [-0.25, -0.2) is 0 Å². The lowest BCUT2D eigenvalue weighted by atomic mass is 10.0. The molecular weight excluding hydrogens is 292 g/mol. The molecular formula is C18H28N2O3. The Hall–Kier alpha value is -1.88. The SMILES string of the molecule is CCCC(C)(O)CNC(=O)CCN(Cc1ccccc1)C(C)=O. The third kappa shape index (κ3) is 7.79. The quantitative estimate of drug-likeness (QED) is 0.732. The third-order valence-corrected chi connectivity index (χ3v) is 3.73. The second-order valence-electron chi connectivity index (χ2n) is 6.20. The molecule has 23 heavy (non-hydrogen) atoms. The van der Waals surface area contributed by atoms with Crippen molar-refractivity contribution in [2.45, 2.75) is 52.2 Å². The second-order valence-corrected chi connectivity index (χ2v) is 6.20. The maximum absolute atomic E-state index is 11.9. The van der Waals surface area contributed by atoms with Crippen molar-refractivity contribution in [1.29, 1.82) is 0 Å². The fraction of sp³-hybridized carbons (Fsp3) is 0.556. The minimum Gasteiger partial charge on any atom is -0.388 e. The Balaban J connectivity index is 2.43. The smallest absolute Gasteiger partial charge is 0.221 e. The number of hydrogen-bond acceptors (Lipinski definition) is 3. The van der Waals surface area contributed by atoms with Crippen LogP contribution in [0.3, 0.4) is 0 Å². The lowest BCUT2D eigenvalue weighted by Gasteiger charge is -2.24. The van der Waals surface area contributed by atoms with Gasteiger partial charge in [0.05, 0.1) is 5.60 Å². The van der Waals surface area contributed by atoms with Gasteiger partial charge < -0.3 is 15.3 Å². The summed E-state index contributed by atoms with van der Waals surface area (Å²) in [4.78, 5) is 25.3. The molecule has 5 heteroatoms. The van der Waals surface area contributed by atoms with Gasteiger partial charge in [0.2, 0.25) is 11.8 Å². The van der Waals surface area contributed by atoms with Crippen LogP contribution in [0.5, 0.6) is 0 Å². The lowest BCUT2D eigenvalue weighted by molar-refractivity contribution is -0.130. The number of carbonyl (C=O) groups is 2. The summed E-state index contributed by atoms with van der Waals surface area (Å²) in [5.41, 5.74) is 0.156. The van der Waals surface area contributed by atoms with E-state index in [4.69, 9.17) is 0 Å². The predicted octanol–water partition coefficient (Wildman–Crippen LogP) is 2.09. The van der Waals surface area contributed by atoms with Crippen molar-refractivity contribution in [2.75, 3.05) is 13.1 Å². The molecule has 5 nitrogen and oxygen atoms in total. The van der Waals surface area contributed by atoms with Crippen molar-refractivity contribution in [1.82, 2.24) is 10.2 Å². The standard InChI is InChI=1S/C18H28N2O3/c1-4-11-18(3,23)14-19-17(22)10-12-20(15(2)21)13-16-8-6-5-7-9-16/h5-9,23H,4,10-14H2,1-3H3,(H,19,22). The summed E-state index contributed by atoms with van der Waals surface area (Å²) in [6, 6.07) is 9.69. The zero-order valence-corrected chi connectivity index (χ0v) is 14.3. The molecule has 0 aromatic heterocycles. The van der Waals surface area contributed by atoms with E-state index in [1.807, 2.05) is 37.3 Å². The number of hydrogen-bond donors (Lipinski definition) is 2. The van der Waals surface area contributed by atoms with Crippen molar-refractivity contribution in [3.05, 3.63) is 35.9 Å². The van der Waals surface area contributed by atoms with Crippen LogP contribution in [0, 0.1) is 0 Å². The van der Waals surface area contributed by atoms with Crippen molar-refractivity contribution < 1.29 is 14.7 Å². The Morgan fingerprint density at radius 3 is 2.48 bits per heavy atom. The molecule has 0 saturated heterocycles. The van der Waals surface area contributed by atoms with Gasteiger partial charge in [-0.15, -0.1) is 0 Å². The number of nitrogens with zero attached hydrogens (tertiary/aromatic N) is 1. The van der Waals surface area contributed by atoms with Crippen LogP contribution >= 0.6 is 0 Å². The lowest BCUT2D eigenvalue weighted by Crippen LogP contribution is -2.41. The molecule has 0 heterocycles. The number of aliphatic hydroxyl groups is 1. The molecule has 0 spiro atoms. The Morgan fingerprint density at radius 1 is 1.26 bits per heavy atom. The average molecular weight is 320 g/mol. The largest absolute Gasteiger partial charge is 0.388 e. The second kappa shape index (κ2) is 9.30. The van der Waals surface area contributed by atoms with E-state index in [1.54, 1.807) is 11.8 Å². The summed E-state index contributed by atoms with van der Waals surface area (Å²) in [6.07, 6.45) is 1.73. The summed E-state index contributed by atoms with van der Waals surface area (Å²) in [5, 5.41) is 12.8. The van der Waals surface area contributed by atoms with Crippen molar-refractivity contribution >= 4 is 11.8 Å². The van der Waals surface area contributed by atoms with E-state index in [9.17, 15) is 14.7 Å². The van der Waals surface area contributed by atoms with Gasteiger partial charge in [-0.3, -0.25) is 9.59 Å². The summed E-state index contributed by atoms with van der Waals surface area (Å²) in [5.74, 6) is -0.208. The Labute approximate surface area is 138 Å². The molecule has 1 atom stereocenters. The molecule has 1 rings (SSSR count). The van der Waals surface area contributed by atoms with Crippen LogP contribution in [0.2, 0.25) is 0 Å². The minimum absolute atomic E-state index is 0.0559. The highest BCUT2D eigenvalue weighted by Gasteiger charge is 2.20. The first kappa shape index (κ1) is 19.2. The molecule has 0 aliphatic heterocycles. The maximum Gasteiger partial charge on any atom is 0.221 e. The van der Waals surface area contributed by atoms with Gasteiger partial charge in [0.1, 0.15) is 0 Å². The third-order valence-electron chi connectivity index (χ3n) is 3.73. The molecule has 2 amide bonds. The first-order valence-corrected chi connectivity index (χ1v) is 8.12. The van der Waals surface area contributed by atoms with Gasteiger partial charge in [-0.05, 0) is 18.9 Å². The Morgan fingerprint density at radius 2 is 1.91 bits per heavy atom. The van der Waals surface area contributed by atoms with Crippen LogP contribution in [0.25, 0.3) is 0 Å². The number of amides is 2. The molecule has 128 valence electrons. The summed E-state index contributed by atoms with van der Waals surface area (Å²) in [6.45, 7) is 6.31. The zero-order valence-electron chi connectivity index (χ0n) is 14.3. The van der Waals surface area contributed by atoms with Gasteiger partial charge in [0, 0.05) is 33.0 Å². The fourth-order valence-electron chi connectivity index (χ4n) is 2.39. The van der Waals surface area contributed by atoms with E-state index in [2.05, 4.69) is 5.32 Å². The Kier molecular flexibility index (Phi) is 7.75. The van der Waals surface area contributed by atoms with E-state index in [0.29, 0.717) is 19.5 Å². The number of rotatable bonds is 9. The van der Waals surface area contributed by atoms with Crippen LogP contribution < -0.4 is 5.32 Å². The van der Waals surface area contributed by atoms with Crippen LogP contribution in [0.4, 0.5) is 0 Å². The molecule has 0 bridgehead atoms. The van der Waals surface area contributed by atoms with Gasteiger partial charge in [-0.1, -0.05) is 43.7 Å². The summed E-state index contributed by atoms with van der Waals surface area (Å²) in [7, 11) is 0. The molecule has 0 fully saturated rings. The van der Waals surface area contributed by atoms with E-state index in [-0.39, 0.29) is 24.8 Å². The van der Waals surface area contributed by atoms with E-state index in [0.717, 1.165) is 12.0 Å². The molecule has 0 saturated carbocycles. The van der Waals surface area contributed by atoms with Gasteiger partial charge >= 0.3 is 0 Å². The first-order valence-electron chi connectivity index (χ1n) is 8.12. The van der Waals surface area contributed by atoms with Crippen LogP contribution in [-0.2, 0) is 16.1 Å². The van der Waals surface area contributed by atoms with E-state index < -0.39 is 5.60 Å². The number of carbonyl (C=O) groups excluding carboxylic acids is 2. The van der Waals surface area contributed by atoms with E-state index in [1.165, 1.54) is 6.92 Å². The molecule has 2 N–H and O–H groups in total. The fourth-order valence-corrected chi connectivity index (χ4v) is 2.39. The predicted molar refractivity (Wildman–Crippen MR) is 90.7 cm³/mol. The number of benzene rings is 1. The van der Waals surface area contributed by atoms with Crippen LogP contribution in [0.15, 0.2) is 30.3 Å². The Bertz CT molecular complexity index is 500. The monoisotopic (exact) mass is 320 g/mol.